The quantitative estimate of drug-likeness (QED) is 0.257. The van der Waals surface area contributed by atoms with Crippen LogP contribution in [0.15, 0.2) is 78.4 Å². The number of hydrogen-bond donors (Lipinski definition) is 1. The summed E-state index contributed by atoms with van der Waals surface area (Å²) in [5.74, 6) is -1.11. The average Bonchev–Trinajstić information content (AvgIpc) is 3.24. The predicted molar refractivity (Wildman–Crippen MR) is 160 cm³/mol. The van der Waals surface area contributed by atoms with Gasteiger partial charge in [0.15, 0.2) is 0 Å². The molecule has 1 amide bonds. The number of aryl methyl sites for hydroxylation is 1. The molecule has 2 saturated heterocycles. The summed E-state index contributed by atoms with van der Waals surface area (Å²) >= 11 is 0. The third-order valence-corrected chi connectivity index (χ3v) is 8.22. The van der Waals surface area contributed by atoms with E-state index in [0.29, 0.717) is 49.8 Å². The van der Waals surface area contributed by atoms with Crippen molar-refractivity contribution in [3.8, 4) is 5.75 Å². The fourth-order valence-corrected chi connectivity index (χ4v) is 5.67. The molecule has 220 valence electrons. The molecule has 5 rings (SSSR count). The largest absolute Gasteiger partial charge is 0.872 e. The lowest BCUT2D eigenvalue weighted by molar-refractivity contribution is -0.907. The van der Waals surface area contributed by atoms with E-state index < -0.39 is 23.5 Å². The van der Waals surface area contributed by atoms with Crippen molar-refractivity contribution in [3.05, 3.63) is 106 Å². The Kier molecular flexibility index (Phi) is 8.80. The third kappa shape index (κ3) is 6.42. The Morgan fingerprint density at radius 1 is 1.00 bits per heavy atom. The van der Waals surface area contributed by atoms with Gasteiger partial charge in [0.2, 0.25) is 5.78 Å². The number of nitrogens with zero attached hydrogens (tertiary/aromatic N) is 1. The molecule has 0 aromatic heterocycles. The monoisotopic (exact) mass is 568 g/mol. The van der Waals surface area contributed by atoms with Gasteiger partial charge in [0.05, 0.1) is 32.3 Å². The number of carbonyl (C=O) groups excluding carboxylic acids is 2. The maximum atomic E-state index is 14.1. The molecule has 2 aliphatic rings. The molecule has 1 atom stereocenters. The van der Waals surface area contributed by atoms with Crippen molar-refractivity contribution in [1.29, 1.82) is 0 Å². The topological polar surface area (TPSA) is 83.3 Å². The van der Waals surface area contributed by atoms with Crippen molar-refractivity contribution < 1.29 is 29.1 Å². The summed E-state index contributed by atoms with van der Waals surface area (Å²) in [7, 11) is 0. The number of nitrogens with one attached hydrogen (secondary N) is 1. The summed E-state index contributed by atoms with van der Waals surface area (Å²) in [5, 5.41) is 14.1. The summed E-state index contributed by atoms with van der Waals surface area (Å²) in [6.07, 6.45) is 0. The fourth-order valence-electron chi connectivity index (χ4n) is 5.67. The molecule has 7 heteroatoms. The van der Waals surface area contributed by atoms with Gasteiger partial charge in [-0.1, -0.05) is 87.2 Å². The van der Waals surface area contributed by atoms with Gasteiger partial charge in [-0.25, -0.2) is 0 Å². The van der Waals surface area contributed by atoms with E-state index >= 15 is 0 Å². The van der Waals surface area contributed by atoms with E-state index in [9.17, 15) is 14.7 Å². The van der Waals surface area contributed by atoms with Crippen molar-refractivity contribution in [2.75, 3.05) is 39.4 Å². The van der Waals surface area contributed by atoms with Crippen molar-refractivity contribution in [1.82, 2.24) is 4.90 Å². The lowest BCUT2D eigenvalue weighted by Crippen LogP contribution is -3.14. The lowest BCUT2D eigenvalue weighted by atomic mass is 9.85. The number of Topliss-reactive ketones (excluding diaryl/α,β-unsaturated/α-hetero) is 1. The van der Waals surface area contributed by atoms with Crippen molar-refractivity contribution >= 4 is 17.4 Å². The van der Waals surface area contributed by atoms with E-state index in [1.54, 1.807) is 17.0 Å². The zero-order chi connectivity index (χ0) is 29.9. The van der Waals surface area contributed by atoms with Gasteiger partial charge in [-0.3, -0.25) is 9.59 Å². The van der Waals surface area contributed by atoms with Crippen LogP contribution in [0.4, 0.5) is 0 Å². The Labute approximate surface area is 248 Å². The van der Waals surface area contributed by atoms with Gasteiger partial charge < -0.3 is 24.4 Å². The summed E-state index contributed by atoms with van der Waals surface area (Å²) in [6.45, 7) is 12.8. The second-order valence-electron chi connectivity index (χ2n) is 12.2. The van der Waals surface area contributed by atoms with E-state index in [2.05, 4.69) is 20.8 Å². The highest BCUT2D eigenvalue weighted by Crippen LogP contribution is 2.39. The Morgan fingerprint density at radius 2 is 1.69 bits per heavy atom. The SMILES string of the molecule is Cc1cc(OCc2ccccc2)ccc1/C([O-])=C1\C(=O)C(=O)N(CC[NH+]2CCOCC2)C1c1ccc(C(C)(C)C)cc1. The van der Waals surface area contributed by atoms with E-state index in [1.165, 1.54) is 4.90 Å². The second kappa shape index (κ2) is 12.5. The normalized spacial score (nSPS) is 19.3. The van der Waals surface area contributed by atoms with Gasteiger partial charge in [-0.15, -0.1) is 0 Å². The smallest absolute Gasteiger partial charge is 0.295 e. The number of hydrogen-bond acceptors (Lipinski definition) is 5. The first-order chi connectivity index (χ1) is 20.1. The van der Waals surface area contributed by atoms with Crippen molar-refractivity contribution in [2.45, 2.75) is 45.8 Å². The number of rotatable bonds is 8. The molecule has 42 heavy (non-hydrogen) atoms. The van der Waals surface area contributed by atoms with Crippen molar-refractivity contribution in [3.63, 3.8) is 0 Å². The number of amides is 1. The first kappa shape index (κ1) is 29.5. The molecule has 3 aromatic rings. The predicted octanol–water partition coefficient (Wildman–Crippen LogP) is 3.01. The highest BCUT2D eigenvalue weighted by atomic mass is 16.5. The molecule has 0 bridgehead atoms. The van der Waals surface area contributed by atoms with Gasteiger partial charge >= 0.3 is 0 Å². The Balaban J connectivity index is 1.48. The number of quaternary nitrogens is 1. The van der Waals surface area contributed by atoms with Crippen molar-refractivity contribution in [2.24, 2.45) is 0 Å². The van der Waals surface area contributed by atoms with Gasteiger partial charge in [-0.05, 0) is 52.3 Å². The molecule has 1 unspecified atom stereocenters. The molecule has 2 heterocycles. The molecule has 2 fully saturated rings. The summed E-state index contributed by atoms with van der Waals surface area (Å²) in [6, 6.07) is 22.3. The molecular weight excluding hydrogens is 528 g/mol. The zero-order valence-electron chi connectivity index (χ0n) is 24.9. The standard InChI is InChI=1S/C35H40N2O5/c1-24-22-28(42-23-25-8-6-5-7-9-25)14-15-29(24)32(38)30-31(26-10-12-27(13-11-26)35(2,3)4)37(34(40)33(30)39)17-16-36-18-20-41-21-19-36/h5-15,22,31,38H,16-21,23H2,1-4H3/b32-30+. The van der Waals surface area contributed by atoms with E-state index in [0.717, 1.165) is 29.8 Å². The van der Waals surface area contributed by atoms with Gasteiger partial charge in [0, 0.05) is 5.57 Å². The maximum Gasteiger partial charge on any atom is 0.295 e. The van der Waals surface area contributed by atoms with Crippen LogP contribution in [-0.2, 0) is 26.3 Å². The molecule has 0 saturated carbocycles. The average molecular weight is 569 g/mol. The van der Waals surface area contributed by atoms with Gasteiger partial charge in [0.1, 0.15) is 25.4 Å². The van der Waals surface area contributed by atoms with Gasteiger partial charge in [0.25, 0.3) is 5.91 Å². The van der Waals surface area contributed by atoms with Crippen LogP contribution in [0.5, 0.6) is 5.75 Å². The summed E-state index contributed by atoms with van der Waals surface area (Å²) < 4.78 is 11.4. The Morgan fingerprint density at radius 3 is 2.33 bits per heavy atom. The second-order valence-corrected chi connectivity index (χ2v) is 12.2. The van der Waals surface area contributed by atoms with Crippen LogP contribution in [-0.4, -0.2) is 56.0 Å². The Hall–Kier alpha value is -3.94. The number of carbonyl (C=O) groups is 2. The minimum Gasteiger partial charge on any atom is -0.872 e. The highest BCUT2D eigenvalue weighted by molar-refractivity contribution is 6.46. The number of ether oxygens (including phenoxy) is 2. The molecular formula is C35H40N2O5. The molecule has 0 radical (unpaired) electrons. The van der Waals surface area contributed by atoms with Crippen LogP contribution in [0, 0.1) is 6.92 Å². The third-order valence-electron chi connectivity index (χ3n) is 8.22. The molecule has 7 nitrogen and oxygen atoms in total. The van der Waals surface area contributed by atoms with E-state index in [4.69, 9.17) is 9.47 Å². The zero-order valence-corrected chi connectivity index (χ0v) is 24.9. The van der Waals surface area contributed by atoms with Crippen LogP contribution in [0.25, 0.3) is 5.76 Å². The molecule has 1 N–H and O–H groups in total. The van der Waals surface area contributed by atoms with E-state index in [1.807, 2.05) is 67.6 Å². The molecule has 0 spiro atoms. The first-order valence-corrected chi connectivity index (χ1v) is 14.7. The maximum absolute atomic E-state index is 14.1. The summed E-state index contributed by atoms with van der Waals surface area (Å²) in [4.78, 5) is 29.9. The number of benzene rings is 3. The van der Waals surface area contributed by atoms with Crippen LogP contribution < -0.4 is 14.7 Å². The molecule has 0 aliphatic carbocycles. The minimum atomic E-state index is -0.736. The summed E-state index contributed by atoms with van der Waals surface area (Å²) in [5.41, 5.74) is 4.00. The highest BCUT2D eigenvalue weighted by Gasteiger charge is 2.44. The number of morpholine rings is 1. The lowest BCUT2D eigenvalue weighted by Gasteiger charge is -2.30. The molecule has 2 aliphatic heterocycles. The Bertz CT molecular complexity index is 1450. The van der Waals surface area contributed by atoms with Gasteiger partial charge in [-0.2, -0.15) is 0 Å². The number of ketones is 1. The van der Waals surface area contributed by atoms with Crippen LogP contribution in [0.1, 0.15) is 54.6 Å². The minimum absolute atomic E-state index is 0.0153. The number of likely N-dealkylation sites (tertiary alicyclic amines) is 1. The van der Waals surface area contributed by atoms with Crippen LogP contribution in [0.3, 0.4) is 0 Å². The van der Waals surface area contributed by atoms with E-state index in [-0.39, 0.29) is 11.0 Å². The fraction of sp³-hybridized carbons (Fsp3) is 0.371. The molecule has 3 aromatic carbocycles. The van der Waals surface area contributed by atoms with Crippen LogP contribution >= 0.6 is 0 Å². The van der Waals surface area contributed by atoms with Crippen LogP contribution in [0.2, 0.25) is 0 Å². The first-order valence-electron chi connectivity index (χ1n) is 14.7.